The maximum absolute atomic E-state index is 12.4. The Morgan fingerprint density at radius 1 is 0.926 bits per heavy atom. The summed E-state index contributed by atoms with van der Waals surface area (Å²) in [6.07, 6.45) is 1.63. The van der Waals surface area contributed by atoms with Crippen molar-refractivity contribution in [3.8, 4) is 5.75 Å². The van der Waals surface area contributed by atoms with Crippen molar-refractivity contribution >= 4 is 11.8 Å². The highest BCUT2D eigenvalue weighted by atomic mass is 16.5. The number of carbonyl (C=O) groups excluding carboxylic acids is 2. The third kappa shape index (κ3) is 6.77. The number of hydrogen-bond acceptors (Lipinski definition) is 3. The summed E-state index contributed by atoms with van der Waals surface area (Å²) in [4.78, 5) is 24.6. The number of amides is 2. The quantitative estimate of drug-likeness (QED) is 0.712. The lowest BCUT2D eigenvalue weighted by Gasteiger charge is -2.09. The molecule has 0 fully saturated rings. The van der Waals surface area contributed by atoms with Gasteiger partial charge in [0.2, 0.25) is 0 Å². The molecular weight excluding hydrogens is 340 g/mol. The largest absolute Gasteiger partial charge is 0.497 e. The first kappa shape index (κ1) is 20.5. The Morgan fingerprint density at radius 2 is 1.56 bits per heavy atom. The zero-order valence-electron chi connectivity index (χ0n) is 16.2. The molecule has 0 saturated carbocycles. The fraction of sp³-hybridized carbons (Fsp3) is 0.364. The Kier molecular flexibility index (Phi) is 7.86. The Bertz CT molecular complexity index is 772. The summed E-state index contributed by atoms with van der Waals surface area (Å²) in [5.41, 5.74) is 2.07. The van der Waals surface area contributed by atoms with Gasteiger partial charge >= 0.3 is 0 Å². The van der Waals surface area contributed by atoms with Gasteiger partial charge in [-0.1, -0.05) is 32.0 Å². The summed E-state index contributed by atoms with van der Waals surface area (Å²) >= 11 is 0. The number of hydrogen-bond donors (Lipinski definition) is 2. The van der Waals surface area contributed by atoms with Crippen molar-refractivity contribution in [3.63, 3.8) is 0 Å². The van der Waals surface area contributed by atoms with E-state index in [0.717, 1.165) is 17.7 Å². The van der Waals surface area contributed by atoms with E-state index in [1.165, 1.54) is 0 Å². The lowest BCUT2D eigenvalue weighted by molar-refractivity contribution is 0.0951. The predicted molar refractivity (Wildman–Crippen MR) is 107 cm³/mol. The Balaban J connectivity index is 1.87. The highest BCUT2D eigenvalue weighted by Gasteiger charge is 2.10. The Hall–Kier alpha value is -2.82. The molecule has 2 aromatic rings. The van der Waals surface area contributed by atoms with Crippen molar-refractivity contribution in [3.05, 3.63) is 65.2 Å². The van der Waals surface area contributed by atoms with Gasteiger partial charge in [-0.15, -0.1) is 0 Å². The molecule has 0 aliphatic rings. The van der Waals surface area contributed by atoms with Crippen LogP contribution in [0.5, 0.6) is 5.75 Å². The van der Waals surface area contributed by atoms with E-state index in [1.807, 2.05) is 24.3 Å². The van der Waals surface area contributed by atoms with E-state index in [0.29, 0.717) is 36.6 Å². The molecule has 0 saturated heterocycles. The van der Waals surface area contributed by atoms with E-state index >= 15 is 0 Å². The van der Waals surface area contributed by atoms with Crippen molar-refractivity contribution in [1.82, 2.24) is 10.6 Å². The molecule has 27 heavy (non-hydrogen) atoms. The normalized spacial score (nSPS) is 10.5. The molecule has 2 amide bonds. The highest BCUT2D eigenvalue weighted by Crippen LogP contribution is 2.12. The second-order valence-electron chi connectivity index (χ2n) is 6.88. The van der Waals surface area contributed by atoms with Gasteiger partial charge in [-0.05, 0) is 54.7 Å². The lowest BCUT2D eigenvalue weighted by Crippen LogP contribution is -2.27. The predicted octanol–water partition coefficient (Wildman–Crippen LogP) is 3.44. The van der Waals surface area contributed by atoms with Crippen molar-refractivity contribution < 1.29 is 14.3 Å². The van der Waals surface area contributed by atoms with Crippen LogP contribution in [0, 0.1) is 5.92 Å². The summed E-state index contributed by atoms with van der Waals surface area (Å²) in [5, 5.41) is 5.79. The molecule has 0 aliphatic heterocycles. The zero-order valence-corrected chi connectivity index (χ0v) is 16.2. The van der Waals surface area contributed by atoms with Crippen LogP contribution in [0.1, 0.15) is 46.5 Å². The summed E-state index contributed by atoms with van der Waals surface area (Å²) < 4.78 is 5.20. The minimum absolute atomic E-state index is 0.151. The molecular formula is C22H28N2O3. The van der Waals surface area contributed by atoms with E-state index in [2.05, 4.69) is 24.5 Å². The molecule has 0 spiro atoms. The Morgan fingerprint density at radius 3 is 2.19 bits per heavy atom. The first-order chi connectivity index (χ1) is 13.0. The van der Waals surface area contributed by atoms with Crippen molar-refractivity contribution in [2.75, 3.05) is 20.2 Å². The van der Waals surface area contributed by atoms with Gasteiger partial charge in [-0.3, -0.25) is 9.59 Å². The minimum atomic E-state index is -0.185. The van der Waals surface area contributed by atoms with Gasteiger partial charge in [0.25, 0.3) is 11.8 Å². The monoisotopic (exact) mass is 368 g/mol. The number of ether oxygens (including phenoxy) is 1. The van der Waals surface area contributed by atoms with Crippen LogP contribution < -0.4 is 15.4 Å². The average Bonchev–Trinajstić information content (AvgIpc) is 2.67. The molecule has 2 rings (SSSR count). The number of methoxy groups -OCH3 is 1. The summed E-state index contributed by atoms with van der Waals surface area (Å²) in [7, 11) is 1.63. The molecule has 0 aromatic heterocycles. The van der Waals surface area contributed by atoms with Crippen LogP contribution in [0.3, 0.4) is 0 Å². The molecule has 144 valence electrons. The number of rotatable bonds is 9. The van der Waals surface area contributed by atoms with E-state index in [9.17, 15) is 9.59 Å². The maximum atomic E-state index is 12.4. The van der Waals surface area contributed by atoms with Crippen LogP contribution in [-0.4, -0.2) is 32.0 Å². The standard InChI is InChI=1S/C22H28N2O3/c1-16(2)10-12-23-21(25)18-7-5-8-19(15-18)22(26)24-13-11-17-6-4-9-20(14-17)27-3/h4-9,14-16H,10-13H2,1-3H3,(H,23,25)(H,24,26). The van der Waals surface area contributed by atoms with E-state index in [1.54, 1.807) is 31.4 Å². The number of benzene rings is 2. The van der Waals surface area contributed by atoms with E-state index in [4.69, 9.17) is 4.74 Å². The van der Waals surface area contributed by atoms with Crippen LogP contribution in [0.15, 0.2) is 48.5 Å². The zero-order chi connectivity index (χ0) is 19.6. The summed E-state index contributed by atoms with van der Waals surface area (Å²) in [6, 6.07) is 14.6. The average molecular weight is 368 g/mol. The number of carbonyl (C=O) groups is 2. The molecule has 5 nitrogen and oxygen atoms in total. The molecule has 0 heterocycles. The van der Waals surface area contributed by atoms with Gasteiger partial charge < -0.3 is 15.4 Å². The van der Waals surface area contributed by atoms with Crippen LogP contribution >= 0.6 is 0 Å². The van der Waals surface area contributed by atoms with Gasteiger partial charge in [0, 0.05) is 24.2 Å². The van der Waals surface area contributed by atoms with Crippen LogP contribution in [0.2, 0.25) is 0 Å². The van der Waals surface area contributed by atoms with Gasteiger partial charge in [0.1, 0.15) is 5.75 Å². The molecule has 0 bridgehead atoms. The lowest BCUT2D eigenvalue weighted by atomic mass is 10.1. The molecule has 0 unspecified atom stereocenters. The first-order valence-corrected chi connectivity index (χ1v) is 9.29. The third-order valence-corrected chi connectivity index (χ3v) is 4.23. The van der Waals surface area contributed by atoms with Gasteiger partial charge in [-0.25, -0.2) is 0 Å². The van der Waals surface area contributed by atoms with Gasteiger partial charge in [0.15, 0.2) is 0 Å². The van der Waals surface area contributed by atoms with Crippen LogP contribution in [-0.2, 0) is 6.42 Å². The van der Waals surface area contributed by atoms with Crippen molar-refractivity contribution in [2.45, 2.75) is 26.7 Å². The minimum Gasteiger partial charge on any atom is -0.497 e. The van der Waals surface area contributed by atoms with E-state index in [-0.39, 0.29) is 11.8 Å². The Labute approximate surface area is 161 Å². The number of nitrogens with one attached hydrogen (secondary N) is 2. The van der Waals surface area contributed by atoms with Crippen LogP contribution in [0.4, 0.5) is 0 Å². The molecule has 0 aliphatic carbocycles. The smallest absolute Gasteiger partial charge is 0.251 e. The third-order valence-electron chi connectivity index (χ3n) is 4.23. The molecule has 2 N–H and O–H groups in total. The molecule has 5 heteroatoms. The summed E-state index contributed by atoms with van der Waals surface area (Å²) in [5.74, 6) is 0.999. The molecule has 0 atom stereocenters. The second-order valence-corrected chi connectivity index (χ2v) is 6.88. The fourth-order valence-electron chi connectivity index (χ4n) is 2.63. The SMILES string of the molecule is COc1cccc(CCNC(=O)c2cccc(C(=O)NCCC(C)C)c2)c1. The van der Waals surface area contributed by atoms with Crippen molar-refractivity contribution in [2.24, 2.45) is 5.92 Å². The highest BCUT2D eigenvalue weighted by molar-refractivity contribution is 5.99. The molecule has 0 radical (unpaired) electrons. The fourth-order valence-corrected chi connectivity index (χ4v) is 2.63. The second kappa shape index (κ2) is 10.4. The summed E-state index contributed by atoms with van der Waals surface area (Å²) in [6.45, 7) is 5.37. The van der Waals surface area contributed by atoms with Gasteiger partial charge in [-0.2, -0.15) is 0 Å². The van der Waals surface area contributed by atoms with Gasteiger partial charge in [0.05, 0.1) is 7.11 Å². The van der Waals surface area contributed by atoms with E-state index < -0.39 is 0 Å². The van der Waals surface area contributed by atoms with Crippen LogP contribution in [0.25, 0.3) is 0 Å². The maximum Gasteiger partial charge on any atom is 0.251 e. The molecule has 2 aromatic carbocycles. The van der Waals surface area contributed by atoms with Crippen molar-refractivity contribution in [1.29, 1.82) is 0 Å². The first-order valence-electron chi connectivity index (χ1n) is 9.29. The topological polar surface area (TPSA) is 67.4 Å².